The highest BCUT2D eigenvalue weighted by molar-refractivity contribution is 6.52. The van der Waals surface area contributed by atoms with Crippen molar-refractivity contribution in [3.05, 3.63) is 65.0 Å². The van der Waals surface area contributed by atoms with E-state index in [0.29, 0.717) is 36.4 Å². The normalized spacial score (nSPS) is 16.6. The van der Waals surface area contributed by atoms with Gasteiger partial charge in [-0.05, 0) is 54.2 Å². The van der Waals surface area contributed by atoms with Crippen LogP contribution in [-0.2, 0) is 11.3 Å². The van der Waals surface area contributed by atoms with E-state index in [0.717, 1.165) is 24.0 Å². The first kappa shape index (κ1) is 17.9. The third kappa shape index (κ3) is 3.52. The fourth-order valence-corrected chi connectivity index (χ4v) is 3.56. The summed E-state index contributed by atoms with van der Waals surface area (Å²) >= 11 is 0. The van der Waals surface area contributed by atoms with Crippen LogP contribution in [-0.4, -0.2) is 29.3 Å². The van der Waals surface area contributed by atoms with Gasteiger partial charge in [0.15, 0.2) is 0 Å². The predicted octanol–water partition coefficient (Wildman–Crippen LogP) is 4.10. The van der Waals surface area contributed by atoms with Crippen LogP contribution in [0.4, 0.5) is 10.1 Å². The van der Waals surface area contributed by atoms with Gasteiger partial charge in [-0.25, -0.2) is 4.39 Å². The zero-order chi connectivity index (χ0) is 19.1. The van der Waals surface area contributed by atoms with Crippen LogP contribution in [0.1, 0.15) is 54.1 Å². The molecule has 4 nitrogen and oxygen atoms in total. The molecule has 1 heterocycles. The van der Waals surface area contributed by atoms with Gasteiger partial charge < -0.3 is 0 Å². The number of rotatable bonds is 6. The zero-order valence-corrected chi connectivity index (χ0v) is 15.6. The van der Waals surface area contributed by atoms with E-state index in [-0.39, 0.29) is 5.82 Å². The summed E-state index contributed by atoms with van der Waals surface area (Å²) in [7, 11) is 0. The van der Waals surface area contributed by atoms with E-state index in [9.17, 15) is 14.0 Å². The van der Waals surface area contributed by atoms with E-state index in [1.807, 2.05) is 18.2 Å². The van der Waals surface area contributed by atoms with Gasteiger partial charge in [0.1, 0.15) is 5.82 Å². The number of carbonyl (C=O) groups excluding carboxylic acids is 2. The minimum Gasteiger partial charge on any atom is -0.291 e. The van der Waals surface area contributed by atoms with Crippen molar-refractivity contribution in [2.24, 2.45) is 0 Å². The maximum atomic E-state index is 13.2. The topological polar surface area (TPSA) is 40.6 Å². The van der Waals surface area contributed by atoms with Crippen LogP contribution in [0.15, 0.2) is 42.5 Å². The van der Waals surface area contributed by atoms with Gasteiger partial charge in [0.25, 0.3) is 5.78 Å². The van der Waals surface area contributed by atoms with Gasteiger partial charge in [0.05, 0.1) is 17.9 Å². The molecular formula is C22H23FN2O2. The molecule has 0 spiro atoms. The van der Waals surface area contributed by atoms with Gasteiger partial charge >= 0.3 is 5.91 Å². The van der Waals surface area contributed by atoms with Crippen LogP contribution in [0.5, 0.6) is 0 Å². The Bertz CT molecular complexity index is 888. The maximum absolute atomic E-state index is 13.2. The van der Waals surface area contributed by atoms with Gasteiger partial charge in [-0.15, -0.1) is 0 Å². The highest BCUT2D eigenvalue weighted by Crippen LogP contribution is 2.34. The first-order valence-electron chi connectivity index (χ1n) is 9.42. The fourth-order valence-electron chi connectivity index (χ4n) is 3.56. The van der Waals surface area contributed by atoms with Gasteiger partial charge in [0.2, 0.25) is 0 Å². The Morgan fingerprint density at radius 1 is 1.11 bits per heavy atom. The Balaban J connectivity index is 1.58. The smallest absolute Gasteiger partial charge is 0.291 e. The van der Waals surface area contributed by atoms with E-state index in [1.54, 1.807) is 17.0 Å². The maximum Gasteiger partial charge on any atom is 0.300 e. The second-order valence-electron chi connectivity index (χ2n) is 7.74. The molecule has 0 N–H and O–H groups in total. The zero-order valence-electron chi connectivity index (χ0n) is 15.6. The first-order chi connectivity index (χ1) is 12.9. The van der Waals surface area contributed by atoms with Crippen LogP contribution in [0.2, 0.25) is 0 Å². The second kappa shape index (κ2) is 6.89. The van der Waals surface area contributed by atoms with Crippen LogP contribution in [0, 0.1) is 5.82 Å². The molecule has 0 saturated heterocycles. The molecule has 1 aliphatic carbocycles. The van der Waals surface area contributed by atoms with Crippen molar-refractivity contribution < 1.29 is 14.0 Å². The van der Waals surface area contributed by atoms with Crippen molar-refractivity contribution in [1.29, 1.82) is 0 Å². The molecule has 1 aliphatic heterocycles. The molecule has 1 saturated carbocycles. The van der Waals surface area contributed by atoms with Gasteiger partial charge in [0, 0.05) is 12.6 Å². The lowest BCUT2D eigenvalue weighted by Crippen LogP contribution is -2.41. The number of halogens is 1. The quantitative estimate of drug-likeness (QED) is 0.723. The average molecular weight is 366 g/mol. The lowest BCUT2D eigenvalue weighted by molar-refractivity contribution is -0.114. The van der Waals surface area contributed by atoms with E-state index in [4.69, 9.17) is 0 Å². The number of benzene rings is 2. The molecule has 0 bridgehead atoms. The summed E-state index contributed by atoms with van der Waals surface area (Å²) in [5, 5.41) is 0. The molecule has 2 aromatic carbocycles. The van der Waals surface area contributed by atoms with E-state index in [2.05, 4.69) is 18.7 Å². The molecule has 0 aromatic heterocycles. The Morgan fingerprint density at radius 2 is 1.81 bits per heavy atom. The lowest BCUT2D eigenvalue weighted by Gasteiger charge is -2.28. The Kier molecular flexibility index (Phi) is 4.56. The SMILES string of the molecule is CC(C)c1ccc2c(c1)C(=O)C(=O)N2CN(Cc1ccc(F)cc1)C1CC1. The molecule has 1 amide bonds. The third-order valence-electron chi connectivity index (χ3n) is 5.35. The molecule has 27 heavy (non-hydrogen) atoms. The molecule has 5 heteroatoms. The molecule has 0 unspecified atom stereocenters. The number of nitrogens with zero attached hydrogens (tertiary/aromatic N) is 2. The number of ketones is 1. The molecular weight excluding hydrogens is 343 g/mol. The van der Waals surface area contributed by atoms with E-state index < -0.39 is 11.7 Å². The summed E-state index contributed by atoms with van der Waals surface area (Å²) < 4.78 is 13.2. The number of amides is 1. The van der Waals surface area contributed by atoms with Gasteiger partial charge in [-0.3, -0.25) is 19.4 Å². The molecule has 2 aromatic rings. The predicted molar refractivity (Wildman–Crippen MR) is 102 cm³/mol. The lowest BCUT2D eigenvalue weighted by atomic mass is 9.99. The van der Waals surface area contributed by atoms with E-state index in [1.165, 1.54) is 12.1 Å². The van der Waals surface area contributed by atoms with Crippen molar-refractivity contribution in [3.8, 4) is 0 Å². The largest absolute Gasteiger partial charge is 0.300 e. The van der Waals surface area contributed by atoms with Gasteiger partial charge in [-0.2, -0.15) is 0 Å². The molecule has 4 rings (SSSR count). The first-order valence-corrected chi connectivity index (χ1v) is 9.42. The van der Waals surface area contributed by atoms with Crippen LogP contribution < -0.4 is 4.90 Å². The molecule has 1 fully saturated rings. The van der Waals surface area contributed by atoms with E-state index >= 15 is 0 Å². The molecule has 140 valence electrons. The van der Waals surface area contributed by atoms with Crippen LogP contribution >= 0.6 is 0 Å². The summed E-state index contributed by atoms with van der Waals surface area (Å²) in [5.74, 6) is -0.846. The molecule has 0 atom stereocenters. The van der Waals surface area contributed by atoms with Crippen LogP contribution in [0.25, 0.3) is 0 Å². The van der Waals surface area contributed by atoms with Gasteiger partial charge in [-0.1, -0.05) is 32.0 Å². The molecule has 2 aliphatic rings. The highest BCUT2D eigenvalue weighted by atomic mass is 19.1. The number of carbonyl (C=O) groups is 2. The second-order valence-corrected chi connectivity index (χ2v) is 7.74. The number of hydrogen-bond acceptors (Lipinski definition) is 3. The van der Waals surface area contributed by atoms with Crippen molar-refractivity contribution in [2.45, 2.75) is 45.2 Å². The Hall–Kier alpha value is -2.53. The summed E-state index contributed by atoms with van der Waals surface area (Å²) in [6, 6.07) is 12.6. The third-order valence-corrected chi connectivity index (χ3v) is 5.35. The fraction of sp³-hybridized carbons (Fsp3) is 0.364. The Morgan fingerprint density at radius 3 is 2.44 bits per heavy atom. The van der Waals surface area contributed by atoms with Crippen molar-refractivity contribution in [1.82, 2.24) is 4.90 Å². The van der Waals surface area contributed by atoms with Crippen molar-refractivity contribution in [3.63, 3.8) is 0 Å². The average Bonchev–Trinajstić information content (AvgIpc) is 3.47. The standard InChI is InChI=1S/C22H23FN2O2/c1-14(2)16-5-10-20-19(11-16)21(26)22(27)25(20)13-24(18-8-9-18)12-15-3-6-17(23)7-4-15/h3-7,10-11,14,18H,8-9,12-13H2,1-2H3. The summed E-state index contributed by atoms with van der Waals surface area (Å²) in [6.07, 6.45) is 2.16. The minimum atomic E-state index is -0.462. The monoisotopic (exact) mass is 366 g/mol. The number of anilines is 1. The molecule has 0 radical (unpaired) electrons. The van der Waals surface area contributed by atoms with Crippen molar-refractivity contribution in [2.75, 3.05) is 11.6 Å². The summed E-state index contributed by atoms with van der Waals surface area (Å²) in [4.78, 5) is 28.9. The van der Waals surface area contributed by atoms with Crippen molar-refractivity contribution >= 4 is 17.4 Å². The Labute approximate surface area is 158 Å². The summed E-state index contributed by atoms with van der Waals surface area (Å²) in [6.45, 7) is 5.14. The highest BCUT2D eigenvalue weighted by Gasteiger charge is 2.39. The summed E-state index contributed by atoms with van der Waals surface area (Å²) in [5.41, 5.74) is 3.25. The number of Topliss-reactive ketones (excluding diaryl/α,β-unsaturated/α-hetero) is 1. The van der Waals surface area contributed by atoms with Crippen LogP contribution in [0.3, 0.4) is 0 Å². The number of hydrogen-bond donors (Lipinski definition) is 0. The number of fused-ring (bicyclic) bond motifs is 1. The minimum absolute atomic E-state index is 0.257.